The second kappa shape index (κ2) is 5.06. The van der Waals surface area contributed by atoms with Crippen LogP contribution in [0.15, 0.2) is 48.8 Å². The van der Waals surface area contributed by atoms with Crippen LogP contribution in [0.2, 0.25) is 0 Å². The highest BCUT2D eigenvalue weighted by molar-refractivity contribution is 5.97. The van der Waals surface area contributed by atoms with E-state index < -0.39 is 5.91 Å². The standard InChI is InChI=1S/C16H12N6O/c17-15(23)10-3-1-9(2-4-10)14-12-7-11(16-18-8-19-22-16)5-6-13(12)20-21-14/h1-8H,(H2,17,23)(H,20,21)(H,18,19,22). The van der Waals surface area contributed by atoms with Crippen LogP contribution in [-0.2, 0) is 0 Å². The number of hydrogen-bond acceptors (Lipinski definition) is 4. The molecule has 0 aliphatic carbocycles. The molecule has 0 fully saturated rings. The summed E-state index contributed by atoms with van der Waals surface area (Å²) < 4.78 is 0. The van der Waals surface area contributed by atoms with E-state index in [1.165, 1.54) is 6.33 Å². The van der Waals surface area contributed by atoms with Crippen LogP contribution in [0.4, 0.5) is 0 Å². The van der Waals surface area contributed by atoms with Crippen molar-refractivity contribution in [2.24, 2.45) is 5.73 Å². The first-order valence-electron chi connectivity index (χ1n) is 6.96. The van der Waals surface area contributed by atoms with Gasteiger partial charge >= 0.3 is 0 Å². The Morgan fingerprint density at radius 3 is 2.48 bits per heavy atom. The number of carbonyl (C=O) groups is 1. The Balaban J connectivity index is 1.83. The highest BCUT2D eigenvalue weighted by atomic mass is 16.1. The van der Waals surface area contributed by atoms with Crippen molar-refractivity contribution >= 4 is 16.8 Å². The fourth-order valence-corrected chi connectivity index (χ4v) is 2.52. The molecule has 23 heavy (non-hydrogen) atoms. The first-order chi connectivity index (χ1) is 11.2. The van der Waals surface area contributed by atoms with Gasteiger partial charge in [-0.15, -0.1) is 0 Å². The van der Waals surface area contributed by atoms with Crippen molar-refractivity contribution in [2.45, 2.75) is 0 Å². The van der Waals surface area contributed by atoms with Gasteiger partial charge < -0.3 is 5.73 Å². The molecule has 4 rings (SSSR count). The van der Waals surface area contributed by atoms with Gasteiger partial charge in [-0.1, -0.05) is 12.1 Å². The van der Waals surface area contributed by atoms with E-state index >= 15 is 0 Å². The minimum absolute atomic E-state index is 0.448. The first kappa shape index (κ1) is 13.2. The number of primary amides is 1. The van der Waals surface area contributed by atoms with Crippen molar-refractivity contribution < 1.29 is 4.79 Å². The van der Waals surface area contributed by atoms with E-state index in [0.717, 1.165) is 27.7 Å². The summed E-state index contributed by atoms with van der Waals surface area (Å²) in [6, 6.07) is 12.9. The summed E-state index contributed by atoms with van der Waals surface area (Å²) >= 11 is 0. The van der Waals surface area contributed by atoms with E-state index in [-0.39, 0.29) is 0 Å². The number of hydrogen-bond donors (Lipinski definition) is 3. The van der Waals surface area contributed by atoms with Gasteiger partial charge in [0.2, 0.25) is 5.91 Å². The quantitative estimate of drug-likeness (QED) is 0.538. The zero-order chi connectivity index (χ0) is 15.8. The minimum Gasteiger partial charge on any atom is -0.366 e. The number of aromatic amines is 2. The molecule has 0 aliphatic heterocycles. The van der Waals surface area contributed by atoms with E-state index in [0.29, 0.717) is 11.4 Å². The summed E-state index contributed by atoms with van der Waals surface area (Å²) in [4.78, 5) is 15.3. The maximum absolute atomic E-state index is 11.2. The van der Waals surface area contributed by atoms with Crippen molar-refractivity contribution in [2.75, 3.05) is 0 Å². The van der Waals surface area contributed by atoms with Crippen molar-refractivity contribution in [3.63, 3.8) is 0 Å². The van der Waals surface area contributed by atoms with Crippen molar-refractivity contribution in [3.8, 4) is 22.6 Å². The van der Waals surface area contributed by atoms with Gasteiger partial charge in [-0.2, -0.15) is 10.2 Å². The molecule has 4 N–H and O–H groups in total. The zero-order valence-electron chi connectivity index (χ0n) is 11.9. The molecular formula is C16H12N6O. The number of amides is 1. The second-order valence-corrected chi connectivity index (χ2v) is 5.11. The summed E-state index contributed by atoms with van der Waals surface area (Å²) in [5, 5.41) is 15.1. The van der Waals surface area contributed by atoms with Crippen molar-refractivity contribution in [1.29, 1.82) is 0 Å². The molecule has 2 aromatic carbocycles. The van der Waals surface area contributed by atoms with E-state index in [1.54, 1.807) is 12.1 Å². The lowest BCUT2D eigenvalue weighted by atomic mass is 10.0. The van der Waals surface area contributed by atoms with E-state index in [1.807, 2.05) is 30.3 Å². The maximum atomic E-state index is 11.2. The molecule has 0 spiro atoms. The Kier molecular flexibility index (Phi) is 2.90. The van der Waals surface area contributed by atoms with Gasteiger partial charge in [0.05, 0.1) is 11.2 Å². The average molecular weight is 304 g/mol. The molecule has 0 radical (unpaired) electrons. The first-order valence-corrected chi connectivity index (χ1v) is 6.96. The Labute approximate surface area is 130 Å². The fraction of sp³-hybridized carbons (Fsp3) is 0. The van der Waals surface area contributed by atoms with Gasteiger partial charge in [-0.3, -0.25) is 15.0 Å². The topological polar surface area (TPSA) is 113 Å². The van der Waals surface area contributed by atoms with Gasteiger partial charge in [-0.05, 0) is 30.3 Å². The van der Waals surface area contributed by atoms with Crippen LogP contribution >= 0.6 is 0 Å². The molecule has 0 atom stereocenters. The lowest BCUT2D eigenvalue weighted by Crippen LogP contribution is -2.10. The molecule has 0 saturated heterocycles. The summed E-state index contributed by atoms with van der Waals surface area (Å²) in [5.41, 5.74) is 9.28. The normalized spacial score (nSPS) is 11.0. The molecule has 0 bridgehead atoms. The van der Waals surface area contributed by atoms with E-state index in [2.05, 4.69) is 25.4 Å². The van der Waals surface area contributed by atoms with Crippen LogP contribution in [0, 0.1) is 0 Å². The summed E-state index contributed by atoms with van der Waals surface area (Å²) in [6.45, 7) is 0. The summed E-state index contributed by atoms with van der Waals surface area (Å²) in [6.07, 6.45) is 1.47. The summed E-state index contributed by atoms with van der Waals surface area (Å²) in [7, 11) is 0. The van der Waals surface area contributed by atoms with Crippen LogP contribution in [0.1, 0.15) is 10.4 Å². The number of H-pyrrole nitrogens is 2. The van der Waals surface area contributed by atoms with Crippen LogP contribution < -0.4 is 5.73 Å². The SMILES string of the molecule is NC(=O)c1ccc(-c2n[nH]c3ccc(-c4ncn[nH]4)cc23)cc1. The smallest absolute Gasteiger partial charge is 0.248 e. The van der Waals surface area contributed by atoms with Crippen LogP contribution in [0.5, 0.6) is 0 Å². The van der Waals surface area contributed by atoms with Gasteiger partial charge in [0.25, 0.3) is 0 Å². The Morgan fingerprint density at radius 1 is 1.00 bits per heavy atom. The molecule has 7 nitrogen and oxygen atoms in total. The molecule has 0 saturated carbocycles. The molecule has 0 unspecified atom stereocenters. The Hall–Kier alpha value is -3.48. The van der Waals surface area contributed by atoms with Crippen molar-refractivity contribution in [1.82, 2.24) is 25.4 Å². The third kappa shape index (κ3) is 2.24. The average Bonchev–Trinajstić information content (AvgIpc) is 3.24. The van der Waals surface area contributed by atoms with Gasteiger partial charge in [-0.25, -0.2) is 4.98 Å². The number of benzene rings is 2. The number of fused-ring (bicyclic) bond motifs is 1. The third-order valence-electron chi connectivity index (χ3n) is 3.69. The molecule has 112 valence electrons. The number of nitrogens with one attached hydrogen (secondary N) is 2. The molecule has 1 amide bonds. The highest BCUT2D eigenvalue weighted by Gasteiger charge is 2.11. The third-order valence-corrected chi connectivity index (χ3v) is 3.69. The number of nitrogens with two attached hydrogens (primary N) is 1. The molecule has 0 aliphatic rings. The largest absolute Gasteiger partial charge is 0.366 e. The molecule has 4 aromatic rings. The van der Waals surface area contributed by atoms with Crippen LogP contribution in [-0.4, -0.2) is 31.3 Å². The summed E-state index contributed by atoms with van der Waals surface area (Å²) in [5.74, 6) is 0.249. The van der Waals surface area contributed by atoms with Crippen molar-refractivity contribution in [3.05, 3.63) is 54.4 Å². The number of rotatable bonds is 3. The second-order valence-electron chi connectivity index (χ2n) is 5.11. The minimum atomic E-state index is -0.448. The zero-order valence-corrected chi connectivity index (χ0v) is 11.9. The number of aromatic nitrogens is 5. The lowest BCUT2D eigenvalue weighted by Gasteiger charge is -2.01. The molecule has 2 aromatic heterocycles. The lowest BCUT2D eigenvalue weighted by molar-refractivity contribution is 0.100. The van der Waals surface area contributed by atoms with Gasteiger partial charge in [0, 0.05) is 22.1 Å². The van der Waals surface area contributed by atoms with Gasteiger partial charge in [0.1, 0.15) is 6.33 Å². The molecule has 2 heterocycles. The van der Waals surface area contributed by atoms with Crippen LogP contribution in [0.25, 0.3) is 33.5 Å². The monoisotopic (exact) mass is 304 g/mol. The Morgan fingerprint density at radius 2 is 1.78 bits per heavy atom. The number of nitrogens with zero attached hydrogens (tertiary/aromatic N) is 3. The predicted molar refractivity (Wildman–Crippen MR) is 85.4 cm³/mol. The van der Waals surface area contributed by atoms with Crippen LogP contribution in [0.3, 0.4) is 0 Å². The van der Waals surface area contributed by atoms with Gasteiger partial charge in [0.15, 0.2) is 5.82 Å². The predicted octanol–water partition coefficient (Wildman–Crippen LogP) is 2.11. The Bertz CT molecular complexity index is 985. The highest BCUT2D eigenvalue weighted by Crippen LogP contribution is 2.29. The fourth-order valence-electron chi connectivity index (χ4n) is 2.52. The number of carbonyl (C=O) groups excluding carboxylic acids is 1. The maximum Gasteiger partial charge on any atom is 0.248 e. The van der Waals surface area contributed by atoms with E-state index in [9.17, 15) is 4.79 Å². The van der Waals surface area contributed by atoms with E-state index in [4.69, 9.17) is 5.73 Å². The molecule has 7 heteroatoms. The molecular weight excluding hydrogens is 292 g/mol.